The van der Waals surface area contributed by atoms with Gasteiger partial charge in [0, 0.05) is 5.33 Å². The highest BCUT2D eigenvalue weighted by atomic mass is 79.9. The minimum absolute atomic E-state index is 0.0491. The monoisotopic (exact) mass is 464 g/mol. The van der Waals surface area contributed by atoms with Gasteiger partial charge in [-0.25, -0.2) is 20.0 Å². The highest BCUT2D eigenvalue weighted by Gasteiger charge is 2.27. The number of nitrogens with one attached hydrogen (secondary N) is 1. The van der Waals surface area contributed by atoms with Crippen molar-refractivity contribution in [3.05, 3.63) is 71.8 Å². The van der Waals surface area contributed by atoms with Gasteiger partial charge in [-0.1, -0.05) is 76.6 Å². The van der Waals surface area contributed by atoms with Crippen molar-refractivity contribution in [1.29, 1.82) is 0 Å². The summed E-state index contributed by atoms with van der Waals surface area (Å²) in [5, 5.41) is 11.4. The lowest BCUT2D eigenvalue weighted by Gasteiger charge is -2.29. The van der Waals surface area contributed by atoms with Gasteiger partial charge in [-0.05, 0) is 24.0 Å². The molecule has 0 radical (unpaired) electrons. The first-order valence-corrected chi connectivity index (χ1v) is 10.4. The van der Waals surface area contributed by atoms with Gasteiger partial charge < -0.3 is 14.6 Å². The number of benzene rings is 2. The predicted octanol–water partition coefficient (Wildman–Crippen LogP) is 4.00. The normalized spacial score (nSPS) is 11.4. The Morgan fingerprint density at radius 2 is 1.52 bits per heavy atom. The molecule has 0 aliphatic rings. The van der Waals surface area contributed by atoms with E-state index < -0.39 is 18.2 Å². The van der Waals surface area contributed by atoms with Crippen molar-refractivity contribution in [3.8, 4) is 0 Å². The van der Waals surface area contributed by atoms with E-state index in [0.717, 1.165) is 16.1 Å². The first-order chi connectivity index (χ1) is 14.1. The number of hydrazine groups is 1. The van der Waals surface area contributed by atoms with E-state index in [1.807, 2.05) is 60.7 Å². The SMILES string of the molecule is O=C(NN(C(=O)OCc1ccccc1)[C@@H](CO)CCCBr)OCc1ccccc1. The highest BCUT2D eigenvalue weighted by molar-refractivity contribution is 9.09. The van der Waals surface area contributed by atoms with Gasteiger partial charge in [0.25, 0.3) is 0 Å². The fraction of sp³-hybridized carbons (Fsp3) is 0.333. The molecule has 7 nitrogen and oxygen atoms in total. The number of carbonyl (C=O) groups is 2. The lowest BCUT2D eigenvalue weighted by atomic mass is 10.2. The van der Waals surface area contributed by atoms with Crippen LogP contribution in [0.15, 0.2) is 60.7 Å². The van der Waals surface area contributed by atoms with E-state index in [1.165, 1.54) is 0 Å². The summed E-state index contributed by atoms with van der Waals surface area (Å²) in [7, 11) is 0. The van der Waals surface area contributed by atoms with Gasteiger partial charge in [-0.3, -0.25) is 0 Å². The van der Waals surface area contributed by atoms with Crippen LogP contribution in [-0.2, 0) is 22.7 Å². The van der Waals surface area contributed by atoms with Crippen LogP contribution in [0, 0.1) is 0 Å². The third kappa shape index (κ3) is 8.13. The molecular weight excluding hydrogens is 440 g/mol. The number of aliphatic hydroxyl groups is 1. The maximum absolute atomic E-state index is 12.6. The molecule has 2 amide bonds. The van der Waals surface area contributed by atoms with E-state index in [4.69, 9.17) is 9.47 Å². The minimum Gasteiger partial charge on any atom is -0.443 e. The van der Waals surface area contributed by atoms with Gasteiger partial charge in [0.15, 0.2) is 0 Å². The van der Waals surface area contributed by atoms with Crippen LogP contribution in [0.5, 0.6) is 0 Å². The van der Waals surface area contributed by atoms with Crippen molar-refractivity contribution in [3.63, 3.8) is 0 Å². The molecule has 0 aliphatic heterocycles. The van der Waals surface area contributed by atoms with Gasteiger partial charge in [0.1, 0.15) is 13.2 Å². The lowest BCUT2D eigenvalue weighted by molar-refractivity contribution is 0.0299. The molecule has 0 aliphatic carbocycles. The van der Waals surface area contributed by atoms with Crippen molar-refractivity contribution in [2.45, 2.75) is 32.1 Å². The van der Waals surface area contributed by atoms with E-state index in [2.05, 4.69) is 21.4 Å². The largest absolute Gasteiger partial charge is 0.443 e. The summed E-state index contributed by atoms with van der Waals surface area (Å²) < 4.78 is 10.5. The Balaban J connectivity index is 1.98. The van der Waals surface area contributed by atoms with Gasteiger partial charge in [0.05, 0.1) is 12.6 Å². The quantitative estimate of drug-likeness (QED) is 0.432. The summed E-state index contributed by atoms with van der Waals surface area (Å²) in [6, 6.07) is 17.8. The summed E-state index contributed by atoms with van der Waals surface area (Å²) in [4.78, 5) is 24.8. The molecule has 2 rings (SSSR count). The van der Waals surface area contributed by atoms with Crippen molar-refractivity contribution >= 4 is 28.1 Å². The van der Waals surface area contributed by atoms with Crippen LogP contribution >= 0.6 is 15.9 Å². The van der Waals surface area contributed by atoms with Crippen LogP contribution in [0.3, 0.4) is 0 Å². The van der Waals surface area contributed by atoms with Crippen LogP contribution in [0.4, 0.5) is 9.59 Å². The number of aliphatic hydroxyl groups excluding tert-OH is 1. The number of alkyl halides is 1. The molecule has 0 heterocycles. The Kier molecular flexibility index (Phi) is 10.0. The maximum atomic E-state index is 12.6. The Bertz CT molecular complexity index is 745. The lowest BCUT2D eigenvalue weighted by Crippen LogP contribution is -2.53. The number of halogens is 1. The second-order valence-electron chi connectivity index (χ2n) is 6.25. The van der Waals surface area contributed by atoms with Crippen molar-refractivity contribution in [2.24, 2.45) is 0 Å². The average Bonchev–Trinajstić information content (AvgIpc) is 2.77. The van der Waals surface area contributed by atoms with Crippen LogP contribution < -0.4 is 5.43 Å². The summed E-state index contributed by atoms with van der Waals surface area (Å²) in [5.41, 5.74) is 4.04. The molecule has 0 unspecified atom stereocenters. The third-order valence-corrected chi connectivity index (χ3v) is 4.63. The summed E-state index contributed by atoms with van der Waals surface area (Å²) in [5.74, 6) is 0. The number of hydrogen-bond acceptors (Lipinski definition) is 5. The van der Waals surface area contributed by atoms with Crippen molar-refractivity contribution in [2.75, 3.05) is 11.9 Å². The zero-order chi connectivity index (χ0) is 20.9. The molecular formula is C21H25BrN2O5. The smallest absolute Gasteiger partial charge is 0.429 e. The molecule has 8 heteroatoms. The van der Waals surface area contributed by atoms with Crippen molar-refractivity contribution in [1.82, 2.24) is 10.4 Å². The van der Waals surface area contributed by atoms with Crippen LogP contribution in [0.25, 0.3) is 0 Å². The highest BCUT2D eigenvalue weighted by Crippen LogP contribution is 2.11. The number of carbonyl (C=O) groups excluding carboxylic acids is 2. The van der Waals surface area contributed by atoms with Gasteiger partial charge in [-0.2, -0.15) is 0 Å². The molecule has 0 spiro atoms. The van der Waals surface area contributed by atoms with E-state index in [0.29, 0.717) is 18.2 Å². The Morgan fingerprint density at radius 3 is 2.03 bits per heavy atom. The molecule has 2 N–H and O–H groups in total. The van der Waals surface area contributed by atoms with Crippen molar-refractivity contribution < 1.29 is 24.2 Å². The van der Waals surface area contributed by atoms with E-state index >= 15 is 0 Å². The molecule has 2 aromatic rings. The Morgan fingerprint density at radius 1 is 0.966 bits per heavy atom. The van der Waals surface area contributed by atoms with Gasteiger partial charge in [0.2, 0.25) is 0 Å². The number of amides is 2. The molecule has 0 fully saturated rings. The topological polar surface area (TPSA) is 88.1 Å². The Hall–Kier alpha value is -2.58. The number of nitrogens with zero attached hydrogens (tertiary/aromatic N) is 1. The molecule has 156 valence electrons. The van der Waals surface area contributed by atoms with Gasteiger partial charge in [-0.15, -0.1) is 0 Å². The van der Waals surface area contributed by atoms with Gasteiger partial charge >= 0.3 is 12.2 Å². The zero-order valence-electron chi connectivity index (χ0n) is 16.0. The summed E-state index contributed by atoms with van der Waals surface area (Å²) in [6.07, 6.45) is -0.391. The maximum Gasteiger partial charge on any atom is 0.429 e. The Labute approximate surface area is 178 Å². The number of hydrogen-bond donors (Lipinski definition) is 2. The number of ether oxygens (including phenoxy) is 2. The molecule has 1 atom stereocenters. The first kappa shape index (κ1) is 22.7. The minimum atomic E-state index is -0.803. The molecule has 0 saturated carbocycles. The predicted molar refractivity (Wildman–Crippen MR) is 112 cm³/mol. The van der Waals surface area contributed by atoms with Crippen LogP contribution in [0.2, 0.25) is 0 Å². The zero-order valence-corrected chi connectivity index (χ0v) is 17.6. The molecule has 0 aromatic heterocycles. The summed E-state index contributed by atoms with van der Waals surface area (Å²) in [6.45, 7) is -0.218. The fourth-order valence-electron chi connectivity index (χ4n) is 2.54. The second-order valence-corrected chi connectivity index (χ2v) is 7.04. The van der Waals surface area contributed by atoms with Crippen LogP contribution in [0.1, 0.15) is 24.0 Å². The molecule has 2 aromatic carbocycles. The summed E-state index contributed by atoms with van der Waals surface area (Å²) >= 11 is 3.33. The standard InChI is InChI=1S/C21H25BrN2O5/c22-13-7-12-19(14-25)24(21(27)29-16-18-10-5-2-6-11-18)23-20(26)28-15-17-8-3-1-4-9-17/h1-6,8-11,19,25H,7,12-16H2,(H,23,26)/t19-/m1/s1. The molecule has 0 bridgehead atoms. The van der Waals surface area contributed by atoms with E-state index in [9.17, 15) is 14.7 Å². The second kappa shape index (κ2) is 12.8. The van der Waals surface area contributed by atoms with Crippen LogP contribution in [-0.4, -0.2) is 40.3 Å². The molecule has 29 heavy (non-hydrogen) atoms. The molecule has 0 saturated heterocycles. The fourth-order valence-corrected chi connectivity index (χ4v) is 2.87. The van der Waals surface area contributed by atoms with E-state index in [1.54, 1.807) is 0 Å². The third-order valence-electron chi connectivity index (χ3n) is 4.07. The number of rotatable bonds is 9. The average molecular weight is 465 g/mol. The van der Waals surface area contributed by atoms with E-state index in [-0.39, 0.29) is 19.8 Å². The first-order valence-electron chi connectivity index (χ1n) is 9.28.